The molecule has 1 saturated heterocycles. The number of rotatable bonds is 2. The maximum Gasteiger partial charge on any atom is -0.00433 e. The standard InChI is InChI=1S/C9H15N/c1-2-3-4-9-5-7-10-8-6-9/h2-4,9-10H,1,5-8H2/b4-3+. The van der Waals surface area contributed by atoms with Gasteiger partial charge in [0.2, 0.25) is 0 Å². The first-order valence-corrected chi connectivity index (χ1v) is 3.93. The molecular weight excluding hydrogens is 122 g/mol. The summed E-state index contributed by atoms with van der Waals surface area (Å²) in [5.41, 5.74) is 0. The van der Waals surface area contributed by atoms with Crippen LogP contribution >= 0.6 is 0 Å². The predicted octanol–water partition coefficient (Wildman–Crippen LogP) is 1.73. The van der Waals surface area contributed by atoms with Crippen molar-refractivity contribution in [1.29, 1.82) is 0 Å². The summed E-state index contributed by atoms with van der Waals surface area (Å²) in [7, 11) is 0. The lowest BCUT2D eigenvalue weighted by molar-refractivity contribution is 0.436. The third kappa shape index (κ3) is 2.36. The summed E-state index contributed by atoms with van der Waals surface area (Å²) in [5.74, 6) is 0.791. The summed E-state index contributed by atoms with van der Waals surface area (Å²) in [6.07, 6.45) is 8.72. The maximum absolute atomic E-state index is 3.64. The molecule has 1 fully saturated rings. The van der Waals surface area contributed by atoms with Gasteiger partial charge in [-0.05, 0) is 31.8 Å². The molecule has 1 heteroatoms. The average Bonchev–Trinajstić information content (AvgIpc) is 2.03. The molecular formula is C9H15N. The van der Waals surface area contributed by atoms with Crippen molar-refractivity contribution in [3.63, 3.8) is 0 Å². The molecule has 1 rings (SSSR count). The molecule has 1 aliphatic heterocycles. The Morgan fingerprint density at radius 1 is 1.30 bits per heavy atom. The Hall–Kier alpha value is -0.560. The summed E-state index contributed by atoms with van der Waals surface area (Å²) in [6.45, 7) is 5.99. The second-order valence-electron chi connectivity index (χ2n) is 2.71. The zero-order valence-corrected chi connectivity index (χ0v) is 6.34. The van der Waals surface area contributed by atoms with Crippen molar-refractivity contribution in [2.75, 3.05) is 13.1 Å². The van der Waals surface area contributed by atoms with Gasteiger partial charge in [-0.25, -0.2) is 0 Å². The van der Waals surface area contributed by atoms with Crippen LogP contribution in [-0.2, 0) is 0 Å². The van der Waals surface area contributed by atoms with E-state index >= 15 is 0 Å². The largest absolute Gasteiger partial charge is 0.317 e. The molecule has 1 nitrogen and oxygen atoms in total. The first-order chi connectivity index (χ1) is 4.93. The van der Waals surface area contributed by atoms with Crippen LogP contribution in [0.15, 0.2) is 24.8 Å². The molecule has 0 bridgehead atoms. The molecule has 0 spiro atoms. The molecule has 0 aromatic rings. The lowest BCUT2D eigenvalue weighted by atomic mass is 9.98. The van der Waals surface area contributed by atoms with E-state index in [0.717, 1.165) is 5.92 Å². The van der Waals surface area contributed by atoms with Crippen LogP contribution in [0, 0.1) is 5.92 Å². The third-order valence-corrected chi connectivity index (χ3v) is 1.90. The molecule has 0 saturated carbocycles. The van der Waals surface area contributed by atoms with Gasteiger partial charge in [-0.3, -0.25) is 0 Å². The SMILES string of the molecule is C=C/C=C/C1CCNCC1. The molecule has 1 N–H and O–H groups in total. The van der Waals surface area contributed by atoms with Crippen LogP contribution in [-0.4, -0.2) is 13.1 Å². The minimum absolute atomic E-state index is 0.791. The second-order valence-corrected chi connectivity index (χ2v) is 2.71. The van der Waals surface area contributed by atoms with E-state index in [-0.39, 0.29) is 0 Å². The first-order valence-electron chi connectivity index (χ1n) is 3.93. The quantitative estimate of drug-likeness (QED) is 0.571. The van der Waals surface area contributed by atoms with E-state index in [4.69, 9.17) is 0 Å². The summed E-state index contributed by atoms with van der Waals surface area (Å²) < 4.78 is 0. The van der Waals surface area contributed by atoms with Gasteiger partial charge in [0.25, 0.3) is 0 Å². The Balaban J connectivity index is 2.25. The van der Waals surface area contributed by atoms with E-state index in [9.17, 15) is 0 Å². The Bertz CT molecular complexity index is 121. The number of allylic oxidation sites excluding steroid dienone is 3. The van der Waals surface area contributed by atoms with Crippen LogP contribution in [0.25, 0.3) is 0 Å². The zero-order valence-electron chi connectivity index (χ0n) is 6.34. The van der Waals surface area contributed by atoms with Crippen molar-refractivity contribution >= 4 is 0 Å². The van der Waals surface area contributed by atoms with Gasteiger partial charge in [0.05, 0.1) is 0 Å². The predicted molar refractivity (Wildman–Crippen MR) is 44.9 cm³/mol. The van der Waals surface area contributed by atoms with Crippen LogP contribution in [0.4, 0.5) is 0 Å². The Kier molecular flexibility index (Phi) is 3.23. The van der Waals surface area contributed by atoms with E-state index in [2.05, 4.69) is 24.0 Å². The molecule has 56 valence electrons. The second kappa shape index (κ2) is 4.29. The van der Waals surface area contributed by atoms with Crippen molar-refractivity contribution in [1.82, 2.24) is 5.32 Å². The molecule has 0 radical (unpaired) electrons. The van der Waals surface area contributed by atoms with Crippen LogP contribution in [0.1, 0.15) is 12.8 Å². The highest BCUT2D eigenvalue weighted by Crippen LogP contribution is 2.12. The van der Waals surface area contributed by atoms with Gasteiger partial charge in [0.15, 0.2) is 0 Å². The maximum atomic E-state index is 3.64. The smallest absolute Gasteiger partial charge is 0.00433 e. The number of piperidine rings is 1. The Morgan fingerprint density at radius 2 is 2.00 bits per heavy atom. The molecule has 0 aliphatic carbocycles. The molecule has 1 heterocycles. The highest BCUT2D eigenvalue weighted by Gasteiger charge is 2.07. The number of hydrogen-bond donors (Lipinski definition) is 1. The lowest BCUT2D eigenvalue weighted by Gasteiger charge is -2.18. The Labute approximate surface area is 62.8 Å². The van der Waals surface area contributed by atoms with Crippen LogP contribution in [0.2, 0.25) is 0 Å². The van der Waals surface area contributed by atoms with Gasteiger partial charge >= 0.3 is 0 Å². The summed E-state index contributed by atoms with van der Waals surface area (Å²) in [6, 6.07) is 0. The molecule has 0 aromatic heterocycles. The summed E-state index contributed by atoms with van der Waals surface area (Å²) in [4.78, 5) is 0. The van der Waals surface area contributed by atoms with Crippen molar-refractivity contribution in [2.45, 2.75) is 12.8 Å². The van der Waals surface area contributed by atoms with E-state index in [1.807, 2.05) is 6.08 Å². The van der Waals surface area contributed by atoms with Gasteiger partial charge in [-0.1, -0.05) is 24.8 Å². The van der Waals surface area contributed by atoms with Gasteiger partial charge in [-0.15, -0.1) is 0 Å². The minimum Gasteiger partial charge on any atom is -0.317 e. The van der Waals surface area contributed by atoms with Crippen molar-refractivity contribution < 1.29 is 0 Å². The Morgan fingerprint density at radius 3 is 2.60 bits per heavy atom. The van der Waals surface area contributed by atoms with Crippen LogP contribution in [0.5, 0.6) is 0 Å². The molecule has 10 heavy (non-hydrogen) atoms. The number of hydrogen-bond acceptors (Lipinski definition) is 1. The first kappa shape index (κ1) is 7.55. The monoisotopic (exact) mass is 137 g/mol. The third-order valence-electron chi connectivity index (χ3n) is 1.90. The fraction of sp³-hybridized carbons (Fsp3) is 0.556. The lowest BCUT2D eigenvalue weighted by Crippen LogP contribution is -2.26. The van der Waals surface area contributed by atoms with Crippen molar-refractivity contribution in [3.8, 4) is 0 Å². The normalized spacial score (nSPS) is 21.6. The molecule has 0 aromatic carbocycles. The highest BCUT2D eigenvalue weighted by molar-refractivity contribution is 5.00. The van der Waals surface area contributed by atoms with Gasteiger partial charge < -0.3 is 5.32 Å². The fourth-order valence-corrected chi connectivity index (χ4v) is 1.27. The van der Waals surface area contributed by atoms with Gasteiger partial charge in [0, 0.05) is 0 Å². The zero-order chi connectivity index (χ0) is 7.23. The van der Waals surface area contributed by atoms with Crippen LogP contribution in [0.3, 0.4) is 0 Å². The highest BCUT2D eigenvalue weighted by atomic mass is 14.9. The average molecular weight is 137 g/mol. The van der Waals surface area contributed by atoms with E-state index in [1.54, 1.807) is 0 Å². The van der Waals surface area contributed by atoms with Gasteiger partial charge in [0.1, 0.15) is 0 Å². The number of nitrogens with one attached hydrogen (secondary N) is 1. The van der Waals surface area contributed by atoms with E-state index < -0.39 is 0 Å². The topological polar surface area (TPSA) is 12.0 Å². The van der Waals surface area contributed by atoms with Crippen LogP contribution < -0.4 is 5.32 Å². The summed E-state index contributed by atoms with van der Waals surface area (Å²) in [5, 5.41) is 3.33. The molecule has 0 atom stereocenters. The van der Waals surface area contributed by atoms with E-state index in [0.29, 0.717) is 0 Å². The summed E-state index contributed by atoms with van der Waals surface area (Å²) >= 11 is 0. The van der Waals surface area contributed by atoms with E-state index in [1.165, 1.54) is 25.9 Å². The van der Waals surface area contributed by atoms with Crippen molar-refractivity contribution in [3.05, 3.63) is 24.8 Å². The minimum atomic E-state index is 0.791. The van der Waals surface area contributed by atoms with Crippen molar-refractivity contribution in [2.24, 2.45) is 5.92 Å². The fourth-order valence-electron chi connectivity index (χ4n) is 1.27. The molecule has 1 aliphatic rings. The molecule has 0 amide bonds. The molecule has 0 unspecified atom stereocenters. The van der Waals surface area contributed by atoms with Gasteiger partial charge in [-0.2, -0.15) is 0 Å².